The highest BCUT2D eigenvalue weighted by Crippen LogP contribution is 2.22. The van der Waals surface area contributed by atoms with Gasteiger partial charge < -0.3 is 10.2 Å². The molecule has 0 radical (unpaired) electrons. The molecule has 2 atom stereocenters. The Balaban J connectivity index is 1.92. The monoisotopic (exact) mass is 264 g/mol. The van der Waals surface area contributed by atoms with Crippen LogP contribution in [-0.2, 0) is 7.05 Å². The van der Waals surface area contributed by atoms with Crippen LogP contribution in [0.15, 0.2) is 0 Å². The van der Waals surface area contributed by atoms with Crippen molar-refractivity contribution in [3.8, 4) is 0 Å². The third-order valence-electron chi connectivity index (χ3n) is 4.43. The summed E-state index contributed by atoms with van der Waals surface area (Å²) in [6.07, 6.45) is 2.69. The van der Waals surface area contributed by atoms with Gasteiger partial charge in [0.25, 0.3) is 0 Å². The molecule has 1 aliphatic rings. The van der Waals surface area contributed by atoms with E-state index in [9.17, 15) is 0 Å². The van der Waals surface area contributed by atoms with E-state index in [0.717, 1.165) is 18.2 Å². The van der Waals surface area contributed by atoms with E-state index in [0.29, 0.717) is 6.04 Å². The maximum Gasteiger partial charge on any atom is 0.0644 e. The molecule has 0 saturated carbocycles. The molecule has 0 aromatic carbocycles. The molecule has 1 aliphatic heterocycles. The van der Waals surface area contributed by atoms with Crippen LogP contribution in [0.4, 0.5) is 0 Å². The van der Waals surface area contributed by atoms with Gasteiger partial charge in [-0.1, -0.05) is 0 Å². The van der Waals surface area contributed by atoms with Crippen molar-refractivity contribution >= 4 is 0 Å². The van der Waals surface area contributed by atoms with Gasteiger partial charge in [-0.25, -0.2) is 0 Å². The second-order valence-electron chi connectivity index (χ2n) is 6.11. The molecular weight excluding hydrogens is 236 g/mol. The van der Waals surface area contributed by atoms with Crippen molar-refractivity contribution in [3.05, 3.63) is 17.0 Å². The van der Waals surface area contributed by atoms with Gasteiger partial charge in [0.05, 0.1) is 5.69 Å². The summed E-state index contributed by atoms with van der Waals surface area (Å²) in [7, 11) is 4.25. The Kier molecular flexibility index (Phi) is 4.63. The van der Waals surface area contributed by atoms with Gasteiger partial charge in [-0.15, -0.1) is 0 Å². The molecule has 0 bridgehead atoms. The number of aryl methyl sites for hydroxylation is 2. The summed E-state index contributed by atoms with van der Waals surface area (Å²) in [5, 5.41) is 8.21. The topological polar surface area (TPSA) is 33.1 Å². The lowest BCUT2D eigenvalue weighted by Gasteiger charge is -2.30. The van der Waals surface area contributed by atoms with E-state index >= 15 is 0 Å². The highest BCUT2D eigenvalue weighted by Gasteiger charge is 2.20. The van der Waals surface area contributed by atoms with Crippen LogP contribution in [0.5, 0.6) is 0 Å². The van der Waals surface area contributed by atoms with Crippen molar-refractivity contribution in [1.29, 1.82) is 0 Å². The lowest BCUT2D eigenvalue weighted by Crippen LogP contribution is -2.38. The third-order valence-corrected chi connectivity index (χ3v) is 4.43. The third kappa shape index (κ3) is 3.37. The fourth-order valence-electron chi connectivity index (χ4n) is 3.30. The molecule has 2 rings (SSSR count). The van der Waals surface area contributed by atoms with Gasteiger partial charge in [-0.3, -0.25) is 4.68 Å². The minimum Gasteiger partial charge on any atom is -0.310 e. The number of hydrogen-bond donors (Lipinski definition) is 1. The lowest BCUT2D eigenvalue weighted by atomic mass is 9.97. The van der Waals surface area contributed by atoms with E-state index in [2.05, 4.69) is 43.1 Å². The maximum absolute atomic E-state index is 4.51. The first-order chi connectivity index (χ1) is 8.99. The summed E-state index contributed by atoms with van der Waals surface area (Å²) >= 11 is 0. The van der Waals surface area contributed by atoms with E-state index in [-0.39, 0.29) is 0 Å². The Hall–Kier alpha value is -0.870. The predicted molar refractivity (Wildman–Crippen MR) is 79.3 cm³/mol. The summed E-state index contributed by atoms with van der Waals surface area (Å²) in [4.78, 5) is 2.45. The van der Waals surface area contributed by atoms with Crippen LogP contribution in [0.2, 0.25) is 0 Å². The molecule has 0 aliphatic carbocycles. The zero-order valence-corrected chi connectivity index (χ0v) is 13.0. The number of nitrogens with one attached hydrogen (secondary N) is 1. The van der Waals surface area contributed by atoms with Gasteiger partial charge in [0.15, 0.2) is 0 Å². The van der Waals surface area contributed by atoms with Crippen LogP contribution in [0.1, 0.15) is 42.8 Å². The Morgan fingerprint density at radius 3 is 2.68 bits per heavy atom. The summed E-state index contributed by atoms with van der Waals surface area (Å²) in [5.74, 6) is 0.790. The fraction of sp³-hybridized carbons (Fsp3) is 0.800. The van der Waals surface area contributed by atoms with Crippen molar-refractivity contribution in [2.24, 2.45) is 13.0 Å². The molecule has 0 amide bonds. The van der Waals surface area contributed by atoms with E-state index < -0.39 is 0 Å². The molecule has 108 valence electrons. The van der Waals surface area contributed by atoms with Crippen LogP contribution in [0, 0.1) is 19.8 Å². The highest BCUT2D eigenvalue weighted by atomic mass is 15.3. The molecule has 4 nitrogen and oxygen atoms in total. The number of rotatable bonds is 4. The maximum atomic E-state index is 4.51. The van der Waals surface area contributed by atoms with Crippen LogP contribution in [0.25, 0.3) is 0 Å². The molecule has 1 N–H and O–H groups in total. The molecule has 2 unspecified atom stereocenters. The van der Waals surface area contributed by atoms with Gasteiger partial charge in [-0.05, 0) is 59.7 Å². The zero-order valence-electron chi connectivity index (χ0n) is 13.0. The molecule has 1 aromatic rings. The van der Waals surface area contributed by atoms with Gasteiger partial charge in [0, 0.05) is 30.9 Å². The quantitative estimate of drug-likeness (QED) is 0.903. The Morgan fingerprint density at radius 1 is 1.37 bits per heavy atom. The van der Waals surface area contributed by atoms with Crippen LogP contribution in [0.3, 0.4) is 0 Å². The summed E-state index contributed by atoms with van der Waals surface area (Å²) < 4.78 is 1.98. The fourth-order valence-corrected chi connectivity index (χ4v) is 3.30. The van der Waals surface area contributed by atoms with Gasteiger partial charge in [-0.2, -0.15) is 5.10 Å². The van der Waals surface area contributed by atoms with Gasteiger partial charge >= 0.3 is 0 Å². The Morgan fingerprint density at radius 2 is 2.11 bits per heavy atom. The SMILES string of the molecule is Cc1nn(C)c(C)c1C(C)NCC1CCCN(C)C1. The Bertz CT molecular complexity index is 424. The molecule has 1 fully saturated rings. The molecule has 1 aromatic heterocycles. The number of hydrogen-bond acceptors (Lipinski definition) is 3. The van der Waals surface area contributed by atoms with Crippen LogP contribution in [-0.4, -0.2) is 41.4 Å². The van der Waals surface area contributed by atoms with Gasteiger partial charge in [0.1, 0.15) is 0 Å². The smallest absolute Gasteiger partial charge is 0.0644 e. The Labute approximate surface area is 117 Å². The van der Waals surface area contributed by atoms with Gasteiger partial charge in [0.2, 0.25) is 0 Å². The number of piperidine rings is 1. The van der Waals surface area contributed by atoms with Crippen LogP contribution >= 0.6 is 0 Å². The molecule has 1 saturated heterocycles. The summed E-state index contributed by atoms with van der Waals surface area (Å²) in [6.45, 7) is 10.1. The van der Waals surface area contributed by atoms with Crippen molar-refractivity contribution in [2.45, 2.75) is 39.7 Å². The molecule has 0 spiro atoms. The molecule has 4 heteroatoms. The first-order valence-corrected chi connectivity index (χ1v) is 7.41. The minimum atomic E-state index is 0.390. The van der Waals surface area contributed by atoms with Crippen LogP contribution < -0.4 is 5.32 Å². The predicted octanol–water partition coefficient (Wildman–Crippen LogP) is 2.03. The molecular formula is C15H28N4. The molecule has 19 heavy (non-hydrogen) atoms. The normalized spacial score (nSPS) is 22.7. The average molecular weight is 264 g/mol. The van der Waals surface area contributed by atoms with Crippen molar-refractivity contribution in [1.82, 2.24) is 20.0 Å². The largest absolute Gasteiger partial charge is 0.310 e. The van der Waals surface area contributed by atoms with Crippen molar-refractivity contribution in [2.75, 3.05) is 26.7 Å². The summed E-state index contributed by atoms with van der Waals surface area (Å²) in [6, 6.07) is 0.390. The first-order valence-electron chi connectivity index (χ1n) is 7.41. The number of nitrogens with zero attached hydrogens (tertiary/aromatic N) is 3. The van der Waals surface area contributed by atoms with E-state index in [1.165, 1.54) is 37.2 Å². The van der Waals surface area contributed by atoms with E-state index in [1.807, 2.05) is 11.7 Å². The summed E-state index contributed by atoms with van der Waals surface area (Å²) in [5.41, 5.74) is 3.80. The lowest BCUT2D eigenvalue weighted by molar-refractivity contribution is 0.203. The van der Waals surface area contributed by atoms with E-state index in [1.54, 1.807) is 0 Å². The van der Waals surface area contributed by atoms with E-state index in [4.69, 9.17) is 0 Å². The highest BCUT2D eigenvalue weighted by molar-refractivity contribution is 5.27. The first kappa shape index (κ1) is 14.5. The standard InChI is InChI=1S/C15H28N4/c1-11(15-12(2)17-19(5)13(15)3)16-9-14-7-6-8-18(4)10-14/h11,14,16H,6-10H2,1-5H3. The van der Waals surface area contributed by atoms with Crippen molar-refractivity contribution < 1.29 is 0 Å². The van der Waals surface area contributed by atoms with Crippen molar-refractivity contribution in [3.63, 3.8) is 0 Å². The second-order valence-corrected chi connectivity index (χ2v) is 6.11. The molecule has 2 heterocycles. The zero-order chi connectivity index (χ0) is 14.0. The average Bonchev–Trinajstić information content (AvgIpc) is 2.61. The second kappa shape index (κ2) is 6.06. The number of aromatic nitrogens is 2. The number of likely N-dealkylation sites (tertiary alicyclic amines) is 1. The minimum absolute atomic E-state index is 0.390.